The summed E-state index contributed by atoms with van der Waals surface area (Å²) in [7, 11) is 0. The summed E-state index contributed by atoms with van der Waals surface area (Å²) in [5, 5.41) is 2.08. The molecule has 0 amide bonds. The molecule has 0 aromatic rings. The maximum absolute atomic E-state index is 12.0. The van der Waals surface area contributed by atoms with Crippen LogP contribution < -0.4 is 5.32 Å². The molecule has 2 unspecified atom stereocenters. The van der Waals surface area contributed by atoms with E-state index in [9.17, 15) is 8.60 Å². The van der Waals surface area contributed by atoms with Gasteiger partial charge >= 0.3 is 0 Å². The molecule has 0 aliphatic rings. The first kappa shape index (κ1) is 9.29. The summed E-state index contributed by atoms with van der Waals surface area (Å²) in [6, 6.07) is 0. The summed E-state index contributed by atoms with van der Waals surface area (Å²) in [5.41, 5.74) is -1.89. The molecule has 56 valence electrons. The minimum atomic E-state index is -2.45. The van der Waals surface area contributed by atoms with E-state index in [0.29, 0.717) is 0 Å². The summed E-state index contributed by atoms with van der Waals surface area (Å²) in [6.45, 7) is 0.190. The van der Waals surface area contributed by atoms with Crippen LogP contribution in [0, 0.1) is 0 Å². The molecule has 0 radical (unpaired) electrons. The van der Waals surface area contributed by atoms with Crippen molar-refractivity contribution in [2.45, 2.75) is 5.63 Å². The van der Waals surface area contributed by atoms with Gasteiger partial charge in [-0.3, -0.25) is 5.32 Å². The molecule has 0 aliphatic heterocycles. The Hall–Kier alpha value is 0.290. The van der Waals surface area contributed by atoms with Crippen LogP contribution in [-0.2, 0) is 11.1 Å². The van der Waals surface area contributed by atoms with E-state index in [1.807, 2.05) is 0 Å². The first-order valence-corrected chi connectivity index (χ1v) is 3.92. The third kappa shape index (κ3) is 4.77. The first-order chi connectivity index (χ1) is 4.18. The first-order valence-electron chi connectivity index (χ1n) is 2.21. The van der Waals surface area contributed by atoms with E-state index in [1.165, 1.54) is 0 Å². The molecule has 0 saturated carbocycles. The van der Waals surface area contributed by atoms with Gasteiger partial charge in [0.1, 0.15) is 0 Å². The van der Waals surface area contributed by atoms with Crippen molar-refractivity contribution in [2.75, 3.05) is 12.4 Å². The SMILES string of the molecule is O=S(O)C(F)NCCCl. The zero-order valence-electron chi connectivity index (χ0n) is 4.51. The van der Waals surface area contributed by atoms with E-state index in [0.717, 1.165) is 0 Å². The smallest absolute Gasteiger partial charge is 0.252 e. The minimum Gasteiger partial charge on any atom is -0.303 e. The number of nitrogens with one attached hydrogen (secondary N) is 1. The predicted octanol–water partition coefficient (Wildman–Crippen LogP) is 0.290. The molecule has 0 spiro atoms. The lowest BCUT2D eigenvalue weighted by molar-refractivity contribution is 0.358. The third-order valence-electron chi connectivity index (χ3n) is 0.576. The van der Waals surface area contributed by atoms with Crippen LogP contribution in [0.2, 0.25) is 0 Å². The molecule has 0 aromatic carbocycles. The van der Waals surface area contributed by atoms with Gasteiger partial charge in [-0.25, -0.2) is 8.60 Å². The van der Waals surface area contributed by atoms with Gasteiger partial charge in [0.05, 0.1) is 0 Å². The van der Waals surface area contributed by atoms with E-state index in [2.05, 4.69) is 5.32 Å². The lowest BCUT2D eigenvalue weighted by Crippen LogP contribution is -2.30. The zero-order chi connectivity index (χ0) is 7.28. The fourth-order valence-electron chi connectivity index (χ4n) is 0.239. The molecule has 2 atom stereocenters. The van der Waals surface area contributed by atoms with Crippen LogP contribution in [0.25, 0.3) is 0 Å². The quantitative estimate of drug-likeness (QED) is 0.367. The van der Waals surface area contributed by atoms with Crippen LogP contribution >= 0.6 is 11.6 Å². The Morgan fingerprint density at radius 3 is 2.78 bits per heavy atom. The normalized spacial score (nSPS) is 17.2. The average Bonchev–Trinajstić information content (AvgIpc) is 1.82. The van der Waals surface area contributed by atoms with E-state index in [-0.39, 0.29) is 12.4 Å². The maximum atomic E-state index is 12.0. The Bertz CT molecular complexity index is 104. The molecule has 3 nitrogen and oxygen atoms in total. The van der Waals surface area contributed by atoms with Gasteiger partial charge in [-0.1, -0.05) is 0 Å². The van der Waals surface area contributed by atoms with Crippen molar-refractivity contribution in [1.82, 2.24) is 5.32 Å². The molecular weight excluding hydrogens is 169 g/mol. The van der Waals surface area contributed by atoms with Crippen molar-refractivity contribution in [3.8, 4) is 0 Å². The Balaban J connectivity index is 3.27. The highest BCUT2D eigenvalue weighted by atomic mass is 35.5. The lowest BCUT2D eigenvalue weighted by atomic mass is 10.8. The summed E-state index contributed by atoms with van der Waals surface area (Å²) in [6.07, 6.45) is 0. The highest BCUT2D eigenvalue weighted by Crippen LogP contribution is 1.88. The van der Waals surface area contributed by atoms with Crippen molar-refractivity contribution in [3.63, 3.8) is 0 Å². The number of rotatable bonds is 4. The maximum Gasteiger partial charge on any atom is 0.252 e. The van der Waals surface area contributed by atoms with Gasteiger partial charge in [0.15, 0.2) is 0 Å². The van der Waals surface area contributed by atoms with Crippen LogP contribution in [0.4, 0.5) is 4.39 Å². The van der Waals surface area contributed by atoms with Gasteiger partial charge in [0, 0.05) is 12.4 Å². The van der Waals surface area contributed by atoms with Crippen LogP contribution in [0.5, 0.6) is 0 Å². The average molecular weight is 176 g/mol. The number of halogens is 2. The summed E-state index contributed by atoms with van der Waals surface area (Å²) in [5.74, 6) is 0.220. The summed E-state index contributed by atoms with van der Waals surface area (Å²) >= 11 is 2.69. The van der Waals surface area contributed by atoms with E-state index in [4.69, 9.17) is 16.2 Å². The van der Waals surface area contributed by atoms with Crippen LogP contribution in [0.1, 0.15) is 0 Å². The second kappa shape index (κ2) is 5.10. The monoisotopic (exact) mass is 175 g/mol. The van der Waals surface area contributed by atoms with E-state index < -0.39 is 16.7 Å². The molecule has 0 fully saturated rings. The molecule has 0 saturated heterocycles. The molecule has 6 heteroatoms. The van der Waals surface area contributed by atoms with Crippen LogP contribution in [0.15, 0.2) is 0 Å². The second-order valence-corrected chi connectivity index (χ2v) is 2.58. The number of hydrogen-bond donors (Lipinski definition) is 2. The number of alkyl halides is 2. The van der Waals surface area contributed by atoms with Crippen molar-refractivity contribution in [3.05, 3.63) is 0 Å². The van der Waals surface area contributed by atoms with Gasteiger partial charge in [-0.15, -0.1) is 11.6 Å². The molecule has 0 aliphatic carbocycles. The van der Waals surface area contributed by atoms with Gasteiger partial charge < -0.3 is 4.55 Å². The molecule has 0 rings (SSSR count). The van der Waals surface area contributed by atoms with Crippen molar-refractivity contribution < 1.29 is 13.2 Å². The standard InChI is InChI=1S/C3H7ClFNO2S/c4-1-2-6-3(5)9(7)8/h3,6H,1-2H2,(H,7,8). The number of hydrogen-bond acceptors (Lipinski definition) is 2. The largest absolute Gasteiger partial charge is 0.303 e. The third-order valence-corrected chi connectivity index (χ3v) is 1.29. The fourth-order valence-corrected chi connectivity index (χ4v) is 0.609. The van der Waals surface area contributed by atoms with E-state index in [1.54, 1.807) is 0 Å². The van der Waals surface area contributed by atoms with Crippen LogP contribution in [0.3, 0.4) is 0 Å². The Morgan fingerprint density at radius 1 is 1.89 bits per heavy atom. The Kier molecular flexibility index (Phi) is 5.27. The summed E-state index contributed by atoms with van der Waals surface area (Å²) < 4.78 is 29.9. The fraction of sp³-hybridized carbons (Fsp3) is 1.00. The summed E-state index contributed by atoms with van der Waals surface area (Å²) in [4.78, 5) is 0. The Labute approximate surface area is 59.9 Å². The van der Waals surface area contributed by atoms with Crippen molar-refractivity contribution in [2.24, 2.45) is 0 Å². The van der Waals surface area contributed by atoms with Crippen molar-refractivity contribution >= 4 is 22.7 Å². The van der Waals surface area contributed by atoms with Gasteiger partial charge in [0.25, 0.3) is 5.63 Å². The molecule has 0 heterocycles. The predicted molar refractivity (Wildman–Crippen MR) is 34.4 cm³/mol. The van der Waals surface area contributed by atoms with Gasteiger partial charge in [-0.2, -0.15) is 0 Å². The minimum absolute atomic E-state index is 0.190. The second-order valence-electron chi connectivity index (χ2n) is 1.24. The lowest BCUT2D eigenvalue weighted by Gasteiger charge is -2.02. The molecule has 2 N–H and O–H groups in total. The van der Waals surface area contributed by atoms with Crippen molar-refractivity contribution in [1.29, 1.82) is 0 Å². The highest BCUT2D eigenvalue weighted by Gasteiger charge is 2.09. The van der Waals surface area contributed by atoms with Crippen LogP contribution in [-0.4, -0.2) is 26.8 Å². The topological polar surface area (TPSA) is 49.3 Å². The van der Waals surface area contributed by atoms with Gasteiger partial charge in [-0.05, 0) is 0 Å². The Morgan fingerprint density at radius 2 is 2.44 bits per heavy atom. The highest BCUT2D eigenvalue weighted by molar-refractivity contribution is 7.79. The molecular formula is C3H7ClFNO2S. The molecule has 9 heavy (non-hydrogen) atoms. The molecule has 0 aromatic heterocycles. The van der Waals surface area contributed by atoms with E-state index >= 15 is 0 Å². The van der Waals surface area contributed by atoms with Gasteiger partial charge in [0.2, 0.25) is 11.1 Å². The molecule has 0 bridgehead atoms. The zero-order valence-corrected chi connectivity index (χ0v) is 6.08.